The molecule has 4 N–H and O–H groups in total. The smallest absolute Gasteiger partial charge is 0.252 e. The van der Waals surface area contributed by atoms with Crippen molar-refractivity contribution in [1.29, 1.82) is 0 Å². The lowest BCUT2D eigenvalue weighted by Crippen LogP contribution is -2.18. The molecule has 1 aromatic heterocycles. The molecule has 0 radical (unpaired) electrons. The van der Waals surface area contributed by atoms with Gasteiger partial charge >= 0.3 is 0 Å². The third kappa shape index (κ3) is 3.72. The summed E-state index contributed by atoms with van der Waals surface area (Å²) in [5.41, 5.74) is 4.79. The number of H-pyrrole nitrogens is 1. The maximum atomic E-state index is 11.3. The Morgan fingerprint density at radius 3 is 2.88 bits per heavy atom. The molecule has 0 aliphatic heterocycles. The normalized spacial score (nSPS) is 10.4. The van der Waals surface area contributed by atoms with Gasteiger partial charge in [0.05, 0.1) is 0 Å². The first-order chi connectivity index (χ1) is 7.49. The standard InChI is InChI=1S/C10H16N4O2/c1-6(2)10-13-8(5-9(16)14-10)12-4-3-7(11)15/h5-6H,3-4H2,1-2H3,(H2,11,15)(H2,12,13,14,16). The van der Waals surface area contributed by atoms with Gasteiger partial charge < -0.3 is 16.0 Å². The van der Waals surface area contributed by atoms with Crippen molar-refractivity contribution in [1.82, 2.24) is 9.97 Å². The Labute approximate surface area is 93.3 Å². The summed E-state index contributed by atoms with van der Waals surface area (Å²) in [6, 6.07) is 1.35. The molecule has 1 aromatic rings. The molecular weight excluding hydrogens is 208 g/mol. The van der Waals surface area contributed by atoms with Crippen LogP contribution in [0.15, 0.2) is 10.9 Å². The molecule has 16 heavy (non-hydrogen) atoms. The number of nitrogens with one attached hydrogen (secondary N) is 2. The molecule has 88 valence electrons. The molecule has 1 heterocycles. The van der Waals surface area contributed by atoms with E-state index in [1.54, 1.807) is 0 Å². The molecule has 0 fully saturated rings. The van der Waals surface area contributed by atoms with Crippen LogP contribution < -0.4 is 16.6 Å². The van der Waals surface area contributed by atoms with E-state index in [2.05, 4.69) is 15.3 Å². The third-order valence-electron chi connectivity index (χ3n) is 1.98. The lowest BCUT2D eigenvalue weighted by atomic mass is 10.2. The van der Waals surface area contributed by atoms with Gasteiger partial charge in [0.15, 0.2) is 0 Å². The molecule has 0 unspecified atom stereocenters. The molecular formula is C10H16N4O2. The van der Waals surface area contributed by atoms with Crippen LogP contribution in [0, 0.1) is 0 Å². The maximum Gasteiger partial charge on any atom is 0.252 e. The summed E-state index contributed by atoms with van der Waals surface area (Å²) in [6.45, 7) is 4.25. The third-order valence-corrected chi connectivity index (χ3v) is 1.98. The number of nitrogens with zero attached hydrogens (tertiary/aromatic N) is 1. The molecule has 0 spiro atoms. The van der Waals surface area contributed by atoms with Gasteiger partial charge in [-0.2, -0.15) is 0 Å². The summed E-state index contributed by atoms with van der Waals surface area (Å²) in [5, 5.41) is 2.88. The van der Waals surface area contributed by atoms with Gasteiger partial charge in [0, 0.05) is 24.9 Å². The number of aromatic nitrogens is 2. The number of carbonyl (C=O) groups is 1. The predicted molar refractivity (Wildman–Crippen MR) is 61.2 cm³/mol. The van der Waals surface area contributed by atoms with Crippen molar-refractivity contribution in [2.45, 2.75) is 26.2 Å². The Morgan fingerprint density at radius 2 is 2.31 bits per heavy atom. The van der Waals surface area contributed by atoms with E-state index in [9.17, 15) is 9.59 Å². The molecule has 0 atom stereocenters. The minimum atomic E-state index is -0.388. The second kappa shape index (κ2) is 5.29. The van der Waals surface area contributed by atoms with Crippen LogP contribution in [0.1, 0.15) is 32.0 Å². The van der Waals surface area contributed by atoms with Gasteiger partial charge in [-0.1, -0.05) is 13.8 Å². The van der Waals surface area contributed by atoms with E-state index in [0.29, 0.717) is 18.2 Å². The van der Waals surface area contributed by atoms with Gasteiger partial charge in [-0.05, 0) is 0 Å². The number of anilines is 1. The van der Waals surface area contributed by atoms with Crippen LogP contribution in [0.4, 0.5) is 5.82 Å². The van der Waals surface area contributed by atoms with Crippen LogP contribution in [0.2, 0.25) is 0 Å². The van der Waals surface area contributed by atoms with E-state index >= 15 is 0 Å². The highest BCUT2D eigenvalue weighted by Gasteiger charge is 2.04. The number of aromatic amines is 1. The van der Waals surface area contributed by atoms with E-state index in [-0.39, 0.29) is 23.8 Å². The largest absolute Gasteiger partial charge is 0.370 e. The van der Waals surface area contributed by atoms with Crippen molar-refractivity contribution in [3.8, 4) is 0 Å². The fourth-order valence-electron chi connectivity index (χ4n) is 1.15. The highest BCUT2D eigenvalue weighted by atomic mass is 16.1. The van der Waals surface area contributed by atoms with Gasteiger partial charge in [-0.25, -0.2) is 4.98 Å². The molecule has 0 saturated heterocycles. The Bertz CT molecular complexity index is 425. The van der Waals surface area contributed by atoms with E-state index in [1.807, 2.05) is 13.8 Å². The van der Waals surface area contributed by atoms with Crippen LogP contribution in [-0.4, -0.2) is 22.4 Å². The lowest BCUT2D eigenvalue weighted by molar-refractivity contribution is -0.117. The summed E-state index contributed by atoms with van der Waals surface area (Å²) in [6.07, 6.45) is 0.214. The first-order valence-electron chi connectivity index (χ1n) is 5.12. The van der Waals surface area contributed by atoms with Crippen LogP contribution in [0.3, 0.4) is 0 Å². The first kappa shape index (κ1) is 12.2. The fourth-order valence-corrected chi connectivity index (χ4v) is 1.15. The van der Waals surface area contributed by atoms with Crippen molar-refractivity contribution in [3.05, 3.63) is 22.2 Å². The highest BCUT2D eigenvalue weighted by Crippen LogP contribution is 2.08. The average Bonchev–Trinajstić information content (AvgIpc) is 2.16. The van der Waals surface area contributed by atoms with Gasteiger partial charge in [0.25, 0.3) is 5.56 Å². The second-order valence-electron chi connectivity index (χ2n) is 3.81. The number of hydrogen-bond acceptors (Lipinski definition) is 4. The van der Waals surface area contributed by atoms with Gasteiger partial charge in [-0.3, -0.25) is 9.59 Å². The van der Waals surface area contributed by atoms with Gasteiger partial charge in [-0.15, -0.1) is 0 Å². The van der Waals surface area contributed by atoms with E-state index in [0.717, 1.165) is 0 Å². The minimum Gasteiger partial charge on any atom is -0.370 e. The Morgan fingerprint density at radius 1 is 1.62 bits per heavy atom. The van der Waals surface area contributed by atoms with Gasteiger partial charge in [0.2, 0.25) is 5.91 Å². The summed E-state index contributed by atoms with van der Waals surface area (Å²) in [7, 11) is 0. The first-order valence-corrected chi connectivity index (χ1v) is 5.12. The molecule has 0 saturated carbocycles. The lowest BCUT2D eigenvalue weighted by Gasteiger charge is -2.07. The molecule has 1 rings (SSSR count). The molecule has 1 amide bonds. The molecule has 0 bridgehead atoms. The number of rotatable bonds is 5. The zero-order valence-corrected chi connectivity index (χ0v) is 9.41. The topological polar surface area (TPSA) is 101 Å². The van der Waals surface area contributed by atoms with E-state index < -0.39 is 0 Å². The maximum absolute atomic E-state index is 11.3. The van der Waals surface area contributed by atoms with Crippen LogP contribution in [0.5, 0.6) is 0 Å². The van der Waals surface area contributed by atoms with Crippen molar-refractivity contribution >= 4 is 11.7 Å². The predicted octanol–water partition coefficient (Wildman–Crippen LogP) is 0.181. The fraction of sp³-hybridized carbons (Fsp3) is 0.500. The Kier molecular flexibility index (Phi) is 4.04. The average molecular weight is 224 g/mol. The van der Waals surface area contributed by atoms with E-state index in [4.69, 9.17) is 5.73 Å². The second-order valence-corrected chi connectivity index (χ2v) is 3.81. The quantitative estimate of drug-likeness (QED) is 0.664. The molecule has 0 aliphatic carbocycles. The zero-order valence-electron chi connectivity index (χ0n) is 9.41. The number of primary amides is 1. The Hall–Kier alpha value is -1.85. The summed E-state index contributed by atoms with van der Waals surface area (Å²) in [4.78, 5) is 28.7. The summed E-state index contributed by atoms with van der Waals surface area (Å²) >= 11 is 0. The van der Waals surface area contributed by atoms with Crippen molar-refractivity contribution in [2.75, 3.05) is 11.9 Å². The number of nitrogens with two attached hydrogens (primary N) is 1. The molecule has 6 nitrogen and oxygen atoms in total. The summed E-state index contributed by atoms with van der Waals surface area (Å²) < 4.78 is 0. The zero-order chi connectivity index (χ0) is 12.1. The van der Waals surface area contributed by atoms with Crippen LogP contribution in [-0.2, 0) is 4.79 Å². The summed E-state index contributed by atoms with van der Waals surface area (Å²) in [5.74, 6) is 0.842. The molecule has 0 aliphatic rings. The van der Waals surface area contributed by atoms with Crippen molar-refractivity contribution in [2.24, 2.45) is 5.73 Å². The number of amides is 1. The minimum absolute atomic E-state index is 0.144. The SMILES string of the molecule is CC(C)c1nc(NCCC(N)=O)cc(=O)[nH]1. The monoisotopic (exact) mass is 224 g/mol. The molecule has 6 heteroatoms. The Balaban J connectivity index is 2.73. The van der Waals surface area contributed by atoms with Crippen molar-refractivity contribution < 1.29 is 4.79 Å². The van der Waals surface area contributed by atoms with Crippen LogP contribution >= 0.6 is 0 Å². The van der Waals surface area contributed by atoms with Gasteiger partial charge in [0.1, 0.15) is 11.6 Å². The molecule has 0 aromatic carbocycles. The number of hydrogen-bond donors (Lipinski definition) is 3. The van der Waals surface area contributed by atoms with Crippen LogP contribution in [0.25, 0.3) is 0 Å². The van der Waals surface area contributed by atoms with E-state index in [1.165, 1.54) is 6.07 Å². The number of carbonyl (C=O) groups excluding carboxylic acids is 1. The highest BCUT2D eigenvalue weighted by molar-refractivity contribution is 5.74. The van der Waals surface area contributed by atoms with Crippen molar-refractivity contribution in [3.63, 3.8) is 0 Å².